The number of nitrogens with zero attached hydrogens (tertiary/aromatic N) is 2. The predicted molar refractivity (Wildman–Crippen MR) is 125 cm³/mol. The highest BCUT2D eigenvalue weighted by atomic mass is 16.5. The van der Waals surface area contributed by atoms with E-state index in [1.165, 1.54) is 4.90 Å². The summed E-state index contributed by atoms with van der Waals surface area (Å²) in [5.74, 6) is -0.571. The molecule has 2 aliphatic carbocycles. The van der Waals surface area contributed by atoms with Gasteiger partial charge in [0.2, 0.25) is 5.91 Å². The molecular formula is C25H37N3O6. The van der Waals surface area contributed by atoms with Gasteiger partial charge in [-0.2, -0.15) is 0 Å². The van der Waals surface area contributed by atoms with Gasteiger partial charge < -0.3 is 29.7 Å². The molecule has 9 heteroatoms. The van der Waals surface area contributed by atoms with E-state index in [0.29, 0.717) is 19.6 Å². The Balaban J connectivity index is 1.62. The molecule has 9 nitrogen and oxygen atoms in total. The van der Waals surface area contributed by atoms with Gasteiger partial charge >= 0.3 is 12.0 Å². The molecule has 4 rings (SSSR count). The second-order valence-corrected chi connectivity index (χ2v) is 9.94. The normalized spacial score (nSPS) is 33.8. The molecule has 2 saturated heterocycles. The summed E-state index contributed by atoms with van der Waals surface area (Å²) >= 11 is 0. The molecule has 5 atom stereocenters. The highest BCUT2D eigenvalue weighted by Gasteiger charge is 2.45. The first-order chi connectivity index (χ1) is 16.4. The summed E-state index contributed by atoms with van der Waals surface area (Å²) in [7, 11) is 1.73. The Kier molecular flexibility index (Phi) is 7.80. The maximum Gasteiger partial charge on any atom is 0.326 e. The van der Waals surface area contributed by atoms with Crippen molar-refractivity contribution in [2.24, 2.45) is 11.8 Å². The van der Waals surface area contributed by atoms with Crippen LogP contribution in [0.1, 0.15) is 51.9 Å². The van der Waals surface area contributed by atoms with Crippen molar-refractivity contribution in [1.29, 1.82) is 0 Å². The van der Waals surface area contributed by atoms with Crippen LogP contribution < -0.4 is 5.32 Å². The van der Waals surface area contributed by atoms with Crippen molar-refractivity contribution >= 4 is 17.9 Å². The number of likely N-dealkylation sites (N-methyl/N-ethyl adjacent to an activating group) is 1. The average Bonchev–Trinajstić information content (AvgIpc) is 3.27. The van der Waals surface area contributed by atoms with Gasteiger partial charge in [-0.3, -0.25) is 4.79 Å². The van der Waals surface area contributed by atoms with E-state index < -0.39 is 18.1 Å². The van der Waals surface area contributed by atoms with E-state index in [2.05, 4.69) is 5.32 Å². The van der Waals surface area contributed by atoms with Gasteiger partial charge in [0.15, 0.2) is 0 Å². The smallest absolute Gasteiger partial charge is 0.326 e. The first-order valence-electron chi connectivity index (χ1n) is 12.6. The summed E-state index contributed by atoms with van der Waals surface area (Å²) < 4.78 is 11.9. The zero-order chi connectivity index (χ0) is 24.2. The first-order valence-corrected chi connectivity index (χ1v) is 12.6. The molecule has 0 radical (unpaired) electrons. The van der Waals surface area contributed by atoms with Gasteiger partial charge in [-0.15, -0.1) is 0 Å². The Morgan fingerprint density at radius 2 is 1.91 bits per heavy atom. The van der Waals surface area contributed by atoms with Crippen molar-refractivity contribution in [3.63, 3.8) is 0 Å². The number of hydrogen-bond acceptors (Lipinski definition) is 5. The number of fused-ring (bicyclic) bond motifs is 4. The van der Waals surface area contributed by atoms with E-state index in [4.69, 9.17) is 9.47 Å². The van der Waals surface area contributed by atoms with Crippen LogP contribution in [0.3, 0.4) is 0 Å². The fourth-order valence-electron chi connectivity index (χ4n) is 5.69. The van der Waals surface area contributed by atoms with Gasteiger partial charge in [0.05, 0.1) is 25.4 Å². The Morgan fingerprint density at radius 3 is 2.65 bits per heavy atom. The molecule has 0 spiro atoms. The van der Waals surface area contributed by atoms with Gasteiger partial charge in [0.1, 0.15) is 17.8 Å². The number of carbonyl (C=O) groups excluding carboxylic acids is 2. The summed E-state index contributed by atoms with van der Waals surface area (Å²) in [5.41, 5.74) is 0. The lowest BCUT2D eigenvalue weighted by atomic mass is 9.83. The highest BCUT2D eigenvalue weighted by Crippen LogP contribution is 2.31. The standard InChI is InChI=1S/C25H37N3O6/c1-16-19-10-6-11-21(16)34-13-7-12-33-18-14-20(24(30)31)28(15-18)23(29)22(26-25(32)27(19)2)17-8-4-3-5-9-17/h6,10-11,16-20,22H,3-5,7-9,12-15H2,1-2H3,(H,26,32)(H,30,31)/t16?,18-,19?,20+,22+/m1/s1. The molecule has 0 aromatic carbocycles. The second-order valence-electron chi connectivity index (χ2n) is 9.94. The summed E-state index contributed by atoms with van der Waals surface area (Å²) in [4.78, 5) is 42.2. The van der Waals surface area contributed by atoms with Crippen LogP contribution in [0.5, 0.6) is 0 Å². The van der Waals surface area contributed by atoms with Crippen molar-refractivity contribution in [3.05, 3.63) is 24.0 Å². The quantitative estimate of drug-likeness (QED) is 0.635. The van der Waals surface area contributed by atoms with Crippen LogP contribution in [0.4, 0.5) is 4.79 Å². The lowest BCUT2D eigenvalue weighted by molar-refractivity contribution is -0.149. The third kappa shape index (κ3) is 5.24. The molecule has 2 aliphatic heterocycles. The number of amides is 3. The molecule has 1 saturated carbocycles. The van der Waals surface area contributed by atoms with E-state index >= 15 is 0 Å². The molecule has 4 aliphatic rings. The van der Waals surface area contributed by atoms with E-state index in [-0.39, 0.29) is 48.9 Å². The van der Waals surface area contributed by atoms with Crippen molar-refractivity contribution in [2.45, 2.75) is 76.1 Å². The monoisotopic (exact) mass is 475 g/mol. The number of carbonyl (C=O) groups is 3. The number of urea groups is 1. The molecule has 3 amide bonds. The molecule has 2 heterocycles. The molecular weight excluding hydrogens is 438 g/mol. The largest absolute Gasteiger partial charge is 0.497 e. The number of aliphatic carboxylic acids is 1. The number of carboxylic acids is 1. The Labute approximate surface area is 201 Å². The molecule has 0 aromatic rings. The summed E-state index contributed by atoms with van der Waals surface area (Å²) in [6.07, 6.45) is 11.2. The van der Waals surface area contributed by atoms with Gasteiger partial charge in [0.25, 0.3) is 0 Å². The van der Waals surface area contributed by atoms with Gasteiger partial charge in [-0.1, -0.05) is 38.3 Å². The van der Waals surface area contributed by atoms with Crippen LogP contribution in [0, 0.1) is 11.8 Å². The molecule has 188 valence electrons. The molecule has 34 heavy (non-hydrogen) atoms. The minimum atomic E-state index is -1.04. The van der Waals surface area contributed by atoms with E-state index in [1.54, 1.807) is 11.9 Å². The SMILES string of the molecule is CC1C2=CC=CC1N(C)C(=O)N[C@@H](C1CCCCC1)C(=O)N1C[C@@H](C[C@H]1C(=O)O)OCCCO2. The van der Waals surface area contributed by atoms with Crippen molar-refractivity contribution in [3.8, 4) is 0 Å². The lowest BCUT2D eigenvalue weighted by Gasteiger charge is -2.37. The molecule has 3 fully saturated rings. The van der Waals surface area contributed by atoms with Crippen LogP contribution in [-0.2, 0) is 19.1 Å². The average molecular weight is 476 g/mol. The van der Waals surface area contributed by atoms with Crippen LogP contribution in [0.2, 0.25) is 0 Å². The van der Waals surface area contributed by atoms with Crippen LogP contribution in [-0.4, -0.2) is 83.8 Å². The third-order valence-electron chi connectivity index (χ3n) is 7.71. The van der Waals surface area contributed by atoms with Gasteiger partial charge in [-0.05, 0) is 24.8 Å². The number of rotatable bonds is 2. The van der Waals surface area contributed by atoms with Crippen LogP contribution >= 0.6 is 0 Å². The van der Waals surface area contributed by atoms with E-state index in [1.807, 2.05) is 25.2 Å². The minimum Gasteiger partial charge on any atom is -0.497 e. The summed E-state index contributed by atoms with van der Waals surface area (Å²) in [6.45, 7) is 3.15. The van der Waals surface area contributed by atoms with Crippen molar-refractivity contribution in [2.75, 3.05) is 26.8 Å². The fraction of sp³-hybridized carbons (Fsp3) is 0.720. The number of carboxylic acid groups (broad SMARTS) is 1. The number of hydrogen-bond donors (Lipinski definition) is 2. The third-order valence-corrected chi connectivity index (χ3v) is 7.71. The molecule has 2 N–H and O–H groups in total. The molecule has 0 aromatic heterocycles. The van der Waals surface area contributed by atoms with Crippen LogP contribution in [0.15, 0.2) is 24.0 Å². The number of nitrogens with one attached hydrogen (secondary N) is 1. The summed E-state index contributed by atoms with van der Waals surface area (Å²) in [6, 6.07) is -2.25. The minimum absolute atomic E-state index is 0.00925. The van der Waals surface area contributed by atoms with E-state index in [0.717, 1.165) is 37.9 Å². The zero-order valence-corrected chi connectivity index (χ0v) is 20.2. The van der Waals surface area contributed by atoms with Gasteiger partial charge in [0, 0.05) is 32.4 Å². The molecule has 4 bridgehead atoms. The van der Waals surface area contributed by atoms with Crippen molar-refractivity contribution < 1.29 is 29.0 Å². The maximum atomic E-state index is 13.8. The Bertz CT molecular complexity index is 837. The van der Waals surface area contributed by atoms with Crippen LogP contribution in [0.25, 0.3) is 0 Å². The van der Waals surface area contributed by atoms with Gasteiger partial charge in [-0.25, -0.2) is 9.59 Å². The predicted octanol–water partition coefficient (Wildman–Crippen LogP) is 2.53. The summed E-state index contributed by atoms with van der Waals surface area (Å²) in [5, 5.41) is 12.8. The fourth-order valence-corrected chi connectivity index (χ4v) is 5.69. The second kappa shape index (κ2) is 10.8. The maximum absolute atomic E-state index is 13.8. The Morgan fingerprint density at radius 1 is 1.15 bits per heavy atom. The van der Waals surface area contributed by atoms with E-state index in [9.17, 15) is 19.5 Å². The van der Waals surface area contributed by atoms with Crippen molar-refractivity contribution in [1.82, 2.24) is 15.1 Å². The molecule has 2 unspecified atom stereocenters. The Hall–Kier alpha value is -2.55. The number of ether oxygens (including phenoxy) is 2. The number of allylic oxidation sites excluding steroid dienone is 2. The first kappa shape index (κ1) is 24.6. The topological polar surface area (TPSA) is 108 Å². The zero-order valence-electron chi connectivity index (χ0n) is 20.2. The lowest BCUT2D eigenvalue weighted by Crippen LogP contribution is -2.58. The highest BCUT2D eigenvalue weighted by molar-refractivity contribution is 5.91.